The first-order valence-electron chi connectivity index (χ1n) is 12.3. The van der Waals surface area contributed by atoms with Crippen LogP contribution < -0.4 is 9.62 Å². The molecular weight excluding hydrogens is 672 g/mol. The molecule has 0 saturated heterocycles. The summed E-state index contributed by atoms with van der Waals surface area (Å²) in [5.74, 6) is -0.917. The lowest BCUT2D eigenvalue weighted by Gasteiger charge is -2.34. The molecule has 2 amide bonds. The number of rotatable bonds is 12. The van der Waals surface area contributed by atoms with Crippen LogP contribution in [0.4, 0.5) is 5.69 Å². The highest BCUT2D eigenvalue weighted by Crippen LogP contribution is 2.28. The number of sulfonamides is 1. The number of nitrogens with zero attached hydrogens (tertiary/aromatic N) is 2. The molecule has 39 heavy (non-hydrogen) atoms. The number of anilines is 1. The van der Waals surface area contributed by atoms with E-state index in [-0.39, 0.29) is 18.9 Å². The normalized spacial score (nSPS) is 12.0. The molecule has 0 aliphatic rings. The van der Waals surface area contributed by atoms with Crippen LogP contribution in [-0.2, 0) is 32.6 Å². The lowest BCUT2D eigenvalue weighted by atomic mass is 10.0. The summed E-state index contributed by atoms with van der Waals surface area (Å²) in [5, 5.41) is 3.57. The Bertz CT molecular complexity index is 1370. The third-order valence-electron chi connectivity index (χ3n) is 6.00. The van der Waals surface area contributed by atoms with Gasteiger partial charge in [0.15, 0.2) is 0 Å². The second-order valence-electron chi connectivity index (χ2n) is 8.96. The van der Waals surface area contributed by atoms with E-state index in [4.69, 9.17) is 23.2 Å². The number of benzene rings is 3. The van der Waals surface area contributed by atoms with Crippen molar-refractivity contribution in [1.29, 1.82) is 0 Å². The topological polar surface area (TPSA) is 86.8 Å². The van der Waals surface area contributed by atoms with Crippen LogP contribution in [0.1, 0.15) is 24.5 Å². The van der Waals surface area contributed by atoms with Gasteiger partial charge in [-0.05, 0) is 71.0 Å². The summed E-state index contributed by atoms with van der Waals surface area (Å²) in [4.78, 5) is 28.9. The number of hydrogen-bond donors (Lipinski definition) is 1. The third-order valence-corrected chi connectivity index (χ3v) is 8.57. The van der Waals surface area contributed by atoms with Gasteiger partial charge in [-0.3, -0.25) is 13.9 Å². The van der Waals surface area contributed by atoms with Crippen molar-refractivity contribution >= 4 is 73.3 Å². The maximum atomic E-state index is 14.0. The van der Waals surface area contributed by atoms with E-state index >= 15 is 0 Å². The van der Waals surface area contributed by atoms with Crippen molar-refractivity contribution in [1.82, 2.24) is 10.2 Å². The Morgan fingerprint density at radius 1 is 0.949 bits per heavy atom. The molecular formula is C28H30Cl2IN3O4S. The highest BCUT2D eigenvalue weighted by molar-refractivity contribution is 14.1. The molecule has 0 radical (unpaired) electrons. The smallest absolute Gasteiger partial charge is 0.244 e. The first-order chi connectivity index (χ1) is 18.5. The number of nitrogens with one attached hydrogen (secondary N) is 1. The Hall–Kier alpha value is -2.34. The molecule has 0 fully saturated rings. The molecule has 0 aliphatic heterocycles. The first kappa shape index (κ1) is 31.2. The summed E-state index contributed by atoms with van der Waals surface area (Å²) in [5.41, 5.74) is 1.66. The van der Waals surface area contributed by atoms with Crippen LogP contribution in [0.2, 0.25) is 10.0 Å². The summed E-state index contributed by atoms with van der Waals surface area (Å²) in [6, 6.07) is 20.2. The zero-order valence-corrected chi connectivity index (χ0v) is 26.1. The Labute approximate surface area is 253 Å². The fraction of sp³-hybridized carbons (Fsp3) is 0.286. The van der Waals surface area contributed by atoms with Gasteiger partial charge in [-0.2, -0.15) is 0 Å². The van der Waals surface area contributed by atoms with Crippen molar-refractivity contribution in [2.45, 2.75) is 32.4 Å². The predicted molar refractivity (Wildman–Crippen MR) is 166 cm³/mol. The molecule has 3 rings (SSSR count). The van der Waals surface area contributed by atoms with E-state index in [0.29, 0.717) is 34.3 Å². The zero-order valence-electron chi connectivity index (χ0n) is 21.6. The van der Waals surface area contributed by atoms with Gasteiger partial charge in [-0.15, -0.1) is 0 Å². The van der Waals surface area contributed by atoms with E-state index in [1.165, 1.54) is 4.90 Å². The lowest BCUT2D eigenvalue weighted by Crippen LogP contribution is -2.53. The Morgan fingerprint density at radius 2 is 1.56 bits per heavy atom. The predicted octanol–water partition coefficient (Wildman–Crippen LogP) is 5.53. The fourth-order valence-electron chi connectivity index (χ4n) is 3.99. The van der Waals surface area contributed by atoms with Gasteiger partial charge in [0.2, 0.25) is 21.8 Å². The van der Waals surface area contributed by atoms with Crippen molar-refractivity contribution in [3.05, 3.63) is 97.5 Å². The monoisotopic (exact) mass is 701 g/mol. The first-order valence-corrected chi connectivity index (χ1v) is 16.0. The quantitative estimate of drug-likeness (QED) is 0.252. The molecule has 1 atom stereocenters. The second-order valence-corrected chi connectivity index (χ2v) is 12.9. The highest BCUT2D eigenvalue weighted by atomic mass is 127. The standard InChI is InChI=1S/C28H30Cl2IN3O4S/c1-3-16-32-28(36)26(17-20-8-5-4-6-9-20)33(18-23-24(29)10-7-11-25(23)30)27(35)19-34(39(2,37)38)22-14-12-21(31)13-15-22/h4-15,26H,3,16-19H2,1-2H3,(H,32,36)/t26-/m0/s1. The van der Waals surface area contributed by atoms with Crippen LogP contribution in [0.25, 0.3) is 0 Å². The van der Waals surface area contributed by atoms with Gasteiger partial charge in [0, 0.05) is 38.7 Å². The van der Waals surface area contributed by atoms with E-state index in [1.54, 1.807) is 42.5 Å². The van der Waals surface area contributed by atoms with Crippen molar-refractivity contribution in [3.8, 4) is 0 Å². The molecule has 3 aromatic carbocycles. The van der Waals surface area contributed by atoms with Gasteiger partial charge in [0.1, 0.15) is 12.6 Å². The summed E-state index contributed by atoms with van der Waals surface area (Å²) < 4.78 is 27.6. The summed E-state index contributed by atoms with van der Waals surface area (Å²) in [7, 11) is -3.84. The van der Waals surface area contributed by atoms with E-state index in [9.17, 15) is 18.0 Å². The molecule has 0 bridgehead atoms. The van der Waals surface area contributed by atoms with Crippen LogP contribution >= 0.6 is 45.8 Å². The van der Waals surface area contributed by atoms with Gasteiger partial charge in [-0.1, -0.05) is 66.5 Å². The lowest BCUT2D eigenvalue weighted by molar-refractivity contribution is -0.140. The number of amides is 2. The minimum atomic E-state index is -3.84. The Balaban J connectivity index is 2.08. The molecule has 7 nitrogen and oxygen atoms in total. The molecule has 0 unspecified atom stereocenters. The Morgan fingerprint density at radius 3 is 2.13 bits per heavy atom. The molecule has 0 saturated carbocycles. The zero-order chi connectivity index (χ0) is 28.6. The largest absolute Gasteiger partial charge is 0.354 e. The second kappa shape index (κ2) is 14.3. The van der Waals surface area contributed by atoms with Gasteiger partial charge >= 0.3 is 0 Å². The van der Waals surface area contributed by atoms with Crippen molar-refractivity contribution < 1.29 is 18.0 Å². The number of carbonyl (C=O) groups excluding carboxylic acids is 2. The minimum absolute atomic E-state index is 0.0846. The maximum absolute atomic E-state index is 14.0. The fourth-order valence-corrected chi connectivity index (χ4v) is 5.72. The average Bonchev–Trinajstić information content (AvgIpc) is 2.89. The molecule has 208 valence electrons. The maximum Gasteiger partial charge on any atom is 0.244 e. The molecule has 11 heteroatoms. The number of carbonyl (C=O) groups is 2. The summed E-state index contributed by atoms with van der Waals surface area (Å²) in [6.07, 6.45) is 1.97. The molecule has 1 N–H and O–H groups in total. The number of halogens is 3. The molecule has 3 aromatic rings. The van der Waals surface area contributed by atoms with Gasteiger partial charge in [0.05, 0.1) is 11.9 Å². The highest BCUT2D eigenvalue weighted by Gasteiger charge is 2.33. The SMILES string of the molecule is CCCNC(=O)[C@H](Cc1ccccc1)N(Cc1c(Cl)cccc1Cl)C(=O)CN(c1ccc(I)cc1)S(C)(=O)=O. The third kappa shape index (κ3) is 8.83. The van der Waals surface area contributed by atoms with Crippen LogP contribution in [0.5, 0.6) is 0 Å². The van der Waals surface area contributed by atoms with Crippen LogP contribution in [0, 0.1) is 3.57 Å². The van der Waals surface area contributed by atoms with Gasteiger partial charge < -0.3 is 10.2 Å². The van der Waals surface area contributed by atoms with Gasteiger partial charge in [-0.25, -0.2) is 8.42 Å². The number of hydrogen-bond acceptors (Lipinski definition) is 4. The van der Waals surface area contributed by atoms with Crippen LogP contribution in [0.3, 0.4) is 0 Å². The molecule has 0 heterocycles. The minimum Gasteiger partial charge on any atom is -0.354 e. The molecule has 0 spiro atoms. The summed E-state index contributed by atoms with van der Waals surface area (Å²) in [6.45, 7) is 1.77. The van der Waals surface area contributed by atoms with E-state index < -0.39 is 28.5 Å². The van der Waals surface area contributed by atoms with E-state index in [2.05, 4.69) is 27.9 Å². The summed E-state index contributed by atoms with van der Waals surface area (Å²) >= 11 is 15.1. The average molecular weight is 702 g/mol. The van der Waals surface area contributed by atoms with Crippen LogP contribution in [0.15, 0.2) is 72.8 Å². The Kier molecular flexibility index (Phi) is 11.5. The van der Waals surface area contributed by atoms with Crippen molar-refractivity contribution in [2.24, 2.45) is 0 Å². The van der Waals surface area contributed by atoms with Gasteiger partial charge in [0.25, 0.3) is 0 Å². The molecule has 0 aromatic heterocycles. The van der Waals surface area contributed by atoms with Crippen molar-refractivity contribution in [3.63, 3.8) is 0 Å². The van der Waals surface area contributed by atoms with E-state index in [0.717, 1.165) is 19.7 Å². The van der Waals surface area contributed by atoms with Crippen LogP contribution in [-0.4, -0.2) is 50.5 Å². The van der Waals surface area contributed by atoms with Crippen molar-refractivity contribution in [2.75, 3.05) is 23.7 Å². The molecule has 0 aliphatic carbocycles. The van der Waals surface area contributed by atoms with E-state index in [1.807, 2.05) is 37.3 Å².